The Morgan fingerprint density at radius 2 is 2.07 bits per heavy atom. The molecule has 0 unspecified atom stereocenters. The summed E-state index contributed by atoms with van der Waals surface area (Å²) in [6, 6.07) is 3.98. The average Bonchev–Trinajstić information content (AvgIpc) is 2.56. The lowest BCUT2D eigenvalue weighted by Gasteiger charge is -2.37. The van der Waals surface area contributed by atoms with E-state index in [9.17, 15) is 21.9 Å². The van der Waals surface area contributed by atoms with Crippen molar-refractivity contribution in [3.8, 4) is 5.75 Å². The SMILES string of the molecule is C[C@@H]1CN([C@@H](C)CO)S(=O)(=O)c2ccc(Br)cc2O[C@H]1CN(C)S(C)(=O)=O. The molecule has 0 aromatic heterocycles. The van der Waals surface area contributed by atoms with Gasteiger partial charge in [-0.05, 0) is 25.1 Å². The summed E-state index contributed by atoms with van der Waals surface area (Å²) in [7, 11) is -5.85. The van der Waals surface area contributed by atoms with Gasteiger partial charge >= 0.3 is 0 Å². The summed E-state index contributed by atoms with van der Waals surface area (Å²) in [5, 5.41) is 9.55. The third-order valence-corrected chi connectivity index (χ3v) is 8.43. The predicted molar refractivity (Wildman–Crippen MR) is 106 cm³/mol. The van der Waals surface area contributed by atoms with Gasteiger partial charge in [0.1, 0.15) is 16.7 Å². The predicted octanol–water partition coefficient (Wildman–Crippen LogP) is 1.11. The maximum absolute atomic E-state index is 13.1. The van der Waals surface area contributed by atoms with Gasteiger partial charge < -0.3 is 9.84 Å². The summed E-state index contributed by atoms with van der Waals surface area (Å²) in [6.45, 7) is 3.28. The summed E-state index contributed by atoms with van der Waals surface area (Å²) in [6.07, 6.45) is 0.539. The Kier molecular flexibility index (Phi) is 6.97. The van der Waals surface area contributed by atoms with Crippen LogP contribution >= 0.6 is 15.9 Å². The minimum Gasteiger partial charge on any atom is -0.487 e. The highest BCUT2D eigenvalue weighted by Crippen LogP contribution is 2.35. The van der Waals surface area contributed by atoms with Crippen LogP contribution in [0.1, 0.15) is 13.8 Å². The van der Waals surface area contributed by atoms with Crippen LogP contribution in [0, 0.1) is 5.92 Å². The molecular weight excluding hydrogens is 460 g/mol. The van der Waals surface area contributed by atoms with Crippen molar-refractivity contribution < 1.29 is 26.7 Å². The van der Waals surface area contributed by atoms with Crippen LogP contribution in [0.5, 0.6) is 5.75 Å². The van der Waals surface area contributed by atoms with Crippen LogP contribution in [0.25, 0.3) is 0 Å². The number of aliphatic hydroxyl groups is 1. The van der Waals surface area contributed by atoms with Crippen molar-refractivity contribution in [2.75, 3.05) is 33.0 Å². The molecule has 1 heterocycles. The van der Waals surface area contributed by atoms with E-state index < -0.39 is 32.2 Å². The van der Waals surface area contributed by atoms with Gasteiger partial charge in [0.15, 0.2) is 0 Å². The van der Waals surface area contributed by atoms with E-state index in [1.807, 2.05) is 0 Å². The molecule has 0 aliphatic carbocycles. The van der Waals surface area contributed by atoms with E-state index in [4.69, 9.17) is 4.74 Å². The fourth-order valence-electron chi connectivity index (χ4n) is 2.81. The van der Waals surface area contributed by atoms with Crippen LogP contribution in [0.4, 0.5) is 0 Å². The van der Waals surface area contributed by atoms with E-state index in [1.54, 1.807) is 26.0 Å². The number of nitrogens with zero attached hydrogens (tertiary/aromatic N) is 2. The van der Waals surface area contributed by atoms with Crippen molar-refractivity contribution in [2.45, 2.75) is 30.9 Å². The van der Waals surface area contributed by atoms with Gasteiger partial charge in [-0.2, -0.15) is 4.31 Å². The number of rotatable bonds is 5. The molecule has 1 aromatic carbocycles. The summed E-state index contributed by atoms with van der Waals surface area (Å²) in [4.78, 5) is -0.00934. The fourth-order valence-corrected chi connectivity index (χ4v) is 5.39. The number of likely N-dealkylation sites (N-methyl/N-ethyl adjacent to an activating group) is 1. The number of sulfonamides is 2. The number of ether oxygens (including phenoxy) is 1. The molecule has 0 saturated carbocycles. The van der Waals surface area contributed by atoms with Crippen molar-refractivity contribution in [1.29, 1.82) is 0 Å². The van der Waals surface area contributed by atoms with Gasteiger partial charge in [0, 0.05) is 30.0 Å². The van der Waals surface area contributed by atoms with Gasteiger partial charge in [0.2, 0.25) is 20.0 Å². The highest BCUT2D eigenvalue weighted by atomic mass is 79.9. The largest absolute Gasteiger partial charge is 0.487 e. The first-order valence-corrected chi connectivity index (χ1v) is 12.5. The molecule has 0 saturated heterocycles. The van der Waals surface area contributed by atoms with Crippen LogP contribution in [0.3, 0.4) is 0 Å². The van der Waals surface area contributed by atoms with E-state index in [0.717, 1.165) is 6.26 Å². The van der Waals surface area contributed by atoms with Crippen LogP contribution in [-0.2, 0) is 20.0 Å². The quantitative estimate of drug-likeness (QED) is 0.670. The second kappa shape index (κ2) is 8.34. The smallest absolute Gasteiger partial charge is 0.247 e. The number of halogens is 1. The van der Waals surface area contributed by atoms with Crippen LogP contribution < -0.4 is 4.74 Å². The normalized spacial score (nSPS) is 24.6. The first-order valence-electron chi connectivity index (χ1n) is 8.38. The molecule has 3 atom stereocenters. The van der Waals surface area contributed by atoms with Crippen LogP contribution in [0.15, 0.2) is 27.6 Å². The zero-order chi connectivity index (χ0) is 20.6. The molecule has 0 bridgehead atoms. The minimum absolute atomic E-state index is 0.00934. The maximum atomic E-state index is 13.1. The standard InChI is InChI=1S/C16H25BrN2O6S2/c1-11-8-19(12(2)10-20)27(23,24)16-6-5-13(17)7-14(16)25-15(11)9-18(3)26(4,21)22/h5-7,11-12,15,20H,8-10H2,1-4H3/t11-,12+,15+/m1/s1. The van der Waals surface area contributed by atoms with Gasteiger partial charge in [0.05, 0.1) is 19.4 Å². The van der Waals surface area contributed by atoms with Crippen molar-refractivity contribution >= 4 is 36.0 Å². The topological polar surface area (TPSA) is 104 Å². The van der Waals surface area contributed by atoms with Gasteiger partial charge in [0.25, 0.3) is 0 Å². The summed E-state index contributed by atoms with van der Waals surface area (Å²) >= 11 is 3.31. The lowest BCUT2D eigenvalue weighted by atomic mass is 10.0. The van der Waals surface area contributed by atoms with Crippen molar-refractivity contribution in [1.82, 2.24) is 8.61 Å². The molecule has 0 radical (unpaired) electrons. The maximum Gasteiger partial charge on any atom is 0.247 e. The van der Waals surface area contributed by atoms with Crippen molar-refractivity contribution in [3.63, 3.8) is 0 Å². The first kappa shape index (κ1) is 22.6. The molecule has 1 N–H and O–H groups in total. The van der Waals surface area contributed by atoms with Crippen LogP contribution in [0.2, 0.25) is 0 Å². The number of fused-ring (bicyclic) bond motifs is 1. The monoisotopic (exact) mass is 484 g/mol. The van der Waals surface area contributed by atoms with Crippen LogP contribution in [-0.4, -0.2) is 75.7 Å². The third kappa shape index (κ3) is 5.01. The van der Waals surface area contributed by atoms with Gasteiger partial charge in [-0.1, -0.05) is 22.9 Å². The second-order valence-corrected chi connectivity index (χ2v) is 11.7. The molecule has 1 aliphatic heterocycles. The van der Waals surface area contributed by atoms with E-state index in [2.05, 4.69) is 15.9 Å². The average molecular weight is 485 g/mol. The van der Waals surface area contributed by atoms with E-state index in [0.29, 0.717) is 4.47 Å². The fraction of sp³-hybridized carbons (Fsp3) is 0.625. The lowest BCUT2D eigenvalue weighted by molar-refractivity contribution is 0.0905. The molecule has 8 nitrogen and oxygen atoms in total. The van der Waals surface area contributed by atoms with E-state index in [-0.39, 0.29) is 36.3 Å². The zero-order valence-corrected chi connectivity index (χ0v) is 18.9. The van der Waals surface area contributed by atoms with Gasteiger partial charge in [-0.3, -0.25) is 0 Å². The van der Waals surface area contributed by atoms with E-state index in [1.165, 1.54) is 21.7 Å². The second-order valence-electron chi connectivity index (χ2n) is 6.87. The molecule has 27 heavy (non-hydrogen) atoms. The molecule has 0 spiro atoms. The minimum atomic E-state index is -3.89. The third-order valence-electron chi connectivity index (χ3n) is 4.63. The Morgan fingerprint density at radius 3 is 2.63 bits per heavy atom. The molecule has 1 aromatic rings. The van der Waals surface area contributed by atoms with E-state index >= 15 is 0 Å². The molecule has 1 aliphatic rings. The zero-order valence-electron chi connectivity index (χ0n) is 15.7. The molecular formula is C16H25BrN2O6S2. The lowest BCUT2D eigenvalue weighted by Crippen LogP contribution is -2.50. The summed E-state index contributed by atoms with van der Waals surface area (Å²) in [5.41, 5.74) is 0. The molecule has 0 fully saturated rings. The number of aliphatic hydroxyl groups excluding tert-OH is 1. The van der Waals surface area contributed by atoms with Crippen molar-refractivity contribution in [3.05, 3.63) is 22.7 Å². The Labute approximate surface area is 169 Å². The summed E-state index contributed by atoms with van der Waals surface area (Å²) < 4.78 is 59.0. The molecule has 11 heteroatoms. The summed E-state index contributed by atoms with van der Waals surface area (Å²) in [5.74, 6) is -0.164. The Morgan fingerprint density at radius 1 is 1.44 bits per heavy atom. The molecule has 0 amide bonds. The van der Waals surface area contributed by atoms with Gasteiger partial charge in [-0.15, -0.1) is 0 Å². The molecule has 2 rings (SSSR count). The molecule has 154 valence electrons. The number of benzene rings is 1. The van der Waals surface area contributed by atoms with Crippen molar-refractivity contribution in [2.24, 2.45) is 5.92 Å². The Hall–Kier alpha value is -0.720. The highest BCUT2D eigenvalue weighted by Gasteiger charge is 2.38. The van der Waals surface area contributed by atoms with Gasteiger partial charge in [-0.25, -0.2) is 21.1 Å². The first-order chi connectivity index (χ1) is 12.4. The number of hydrogen-bond donors (Lipinski definition) is 1. The Bertz CT molecular complexity index is 890. The number of hydrogen-bond acceptors (Lipinski definition) is 6. The highest BCUT2D eigenvalue weighted by molar-refractivity contribution is 9.10. The Balaban J connectivity index is 2.56.